The van der Waals surface area contributed by atoms with Gasteiger partial charge in [0.15, 0.2) is 0 Å². The molecule has 0 amide bonds. The average Bonchev–Trinajstić information content (AvgIpc) is 2.19. The molecule has 0 aliphatic rings. The molecular formula is C8H7ClF3NO3. The Hall–Kier alpha value is -1.37. The predicted molar refractivity (Wildman–Crippen MR) is 49.9 cm³/mol. The Morgan fingerprint density at radius 1 is 1.50 bits per heavy atom. The fourth-order valence-corrected chi connectivity index (χ4v) is 1.19. The summed E-state index contributed by atoms with van der Waals surface area (Å²) in [7, 11) is 1.11. The summed E-state index contributed by atoms with van der Waals surface area (Å²) in [6, 6.07) is 0. The van der Waals surface area contributed by atoms with Crippen LogP contribution in [0, 0.1) is 0 Å². The number of H-pyrrole nitrogens is 1. The summed E-state index contributed by atoms with van der Waals surface area (Å²) in [6.45, 7) is 0. The van der Waals surface area contributed by atoms with Crippen LogP contribution in [0.4, 0.5) is 13.2 Å². The van der Waals surface area contributed by atoms with Gasteiger partial charge in [0.25, 0.3) is 0 Å². The normalized spacial score (nSPS) is 11.3. The standard InChI is InChI=1S/C8H7ClF3NO3/c1-15-7-6(16-8(10,11)12)5(14)4(2-9)3-13-7/h3H,2H2,1H3,(H,13,14). The monoisotopic (exact) mass is 257 g/mol. The van der Waals surface area contributed by atoms with Crippen LogP contribution in [0.3, 0.4) is 0 Å². The average molecular weight is 258 g/mol. The first-order valence-electron chi connectivity index (χ1n) is 3.99. The molecule has 1 heterocycles. The van der Waals surface area contributed by atoms with Crippen molar-refractivity contribution in [2.45, 2.75) is 12.2 Å². The molecule has 0 bridgehead atoms. The van der Waals surface area contributed by atoms with Crippen molar-refractivity contribution in [2.75, 3.05) is 7.11 Å². The van der Waals surface area contributed by atoms with Crippen LogP contribution in [0.25, 0.3) is 0 Å². The number of ether oxygens (including phenoxy) is 2. The quantitative estimate of drug-likeness (QED) is 0.843. The summed E-state index contributed by atoms with van der Waals surface area (Å²) in [5.41, 5.74) is -0.996. The molecule has 1 N–H and O–H groups in total. The van der Waals surface area contributed by atoms with Gasteiger partial charge in [0.05, 0.1) is 13.0 Å². The minimum atomic E-state index is -4.97. The number of aromatic nitrogens is 1. The molecule has 1 aromatic heterocycles. The molecule has 90 valence electrons. The maximum Gasteiger partial charge on any atom is 0.573 e. The van der Waals surface area contributed by atoms with Crippen LogP contribution in [0.2, 0.25) is 0 Å². The van der Waals surface area contributed by atoms with Crippen molar-refractivity contribution in [1.29, 1.82) is 0 Å². The van der Waals surface area contributed by atoms with Crippen LogP contribution >= 0.6 is 11.6 Å². The molecule has 0 atom stereocenters. The molecule has 0 radical (unpaired) electrons. The van der Waals surface area contributed by atoms with E-state index in [1.165, 1.54) is 0 Å². The highest BCUT2D eigenvalue weighted by Gasteiger charge is 2.34. The van der Waals surface area contributed by atoms with E-state index in [4.69, 9.17) is 11.6 Å². The Bertz CT molecular complexity index is 430. The third-order valence-electron chi connectivity index (χ3n) is 1.65. The predicted octanol–water partition coefficient (Wildman–Crippen LogP) is 2.02. The molecule has 1 rings (SSSR count). The van der Waals surface area contributed by atoms with Gasteiger partial charge < -0.3 is 14.5 Å². The summed E-state index contributed by atoms with van der Waals surface area (Å²) in [4.78, 5) is 13.8. The SMILES string of the molecule is COc1[nH]cc(CCl)c(=O)c1OC(F)(F)F. The molecular weight excluding hydrogens is 251 g/mol. The number of nitrogens with one attached hydrogen (secondary N) is 1. The summed E-state index contributed by atoms with van der Waals surface area (Å²) in [5, 5.41) is 0. The second kappa shape index (κ2) is 4.65. The van der Waals surface area contributed by atoms with Gasteiger partial charge in [-0.05, 0) is 0 Å². The lowest BCUT2D eigenvalue weighted by molar-refractivity contribution is -0.275. The lowest BCUT2D eigenvalue weighted by Crippen LogP contribution is -2.24. The number of methoxy groups -OCH3 is 1. The third-order valence-corrected chi connectivity index (χ3v) is 1.94. The smallest absolute Gasteiger partial charge is 0.480 e. The fraction of sp³-hybridized carbons (Fsp3) is 0.375. The Balaban J connectivity index is 3.27. The van der Waals surface area contributed by atoms with Gasteiger partial charge in [0, 0.05) is 11.8 Å². The van der Waals surface area contributed by atoms with E-state index in [1.807, 2.05) is 0 Å². The highest BCUT2D eigenvalue weighted by atomic mass is 35.5. The van der Waals surface area contributed by atoms with Gasteiger partial charge in [-0.15, -0.1) is 24.8 Å². The first-order valence-corrected chi connectivity index (χ1v) is 4.52. The van der Waals surface area contributed by atoms with Crippen molar-refractivity contribution >= 4 is 11.6 Å². The van der Waals surface area contributed by atoms with Crippen LogP contribution in [0.1, 0.15) is 5.56 Å². The van der Waals surface area contributed by atoms with E-state index in [0.717, 1.165) is 13.3 Å². The number of halogens is 4. The van der Waals surface area contributed by atoms with Gasteiger partial charge in [-0.1, -0.05) is 0 Å². The Labute approximate surface area is 92.9 Å². The third kappa shape index (κ3) is 2.82. The molecule has 16 heavy (non-hydrogen) atoms. The van der Waals surface area contributed by atoms with Crippen molar-refractivity contribution in [3.8, 4) is 11.6 Å². The summed E-state index contributed by atoms with van der Waals surface area (Å²) in [6.07, 6.45) is -3.80. The van der Waals surface area contributed by atoms with E-state index in [0.29, 0.717) is 0 Å². The summed E-state index contributed by atoms with van der Waals surface area (Å²) >= 11 is 5.37. The summed E-state index contributed by atoms with van der Waals surface area (Å²) < 4.78 is 44.1. The van der Waals surface area contributed by atoms with Gasteiger partial charge in [-0.2, -0.15) is 0 Å². The first kappa shape index (κ1) is 12.7. The summed E-state index contributed by atoms with van der Waals surface area (Å²) in [5.74, 6) is -1.59. The molecule has 0 fully saturated rings. The molecule has 8 heteroatoms. The zero-order valence-corrected chi connectivity index (χ0v) is 8.78. The molecule has 4 nitrogen and oxygen atoms in total. The second-order valence-electron chi connectivity index (χ2n) is 2.69. The van der Waals surface area contributed by atoms with Gasteiger partial charge in [-0.25, -0.2) is 0 Å². The van der Waals surface area contributed by atoms with Gasteiger partial charge in [0.2, 0.25) is 17.1 Å². The van der Waals surface area contributed by atoms with Crippen molar-refractivity contribution in [3.63, 3.8) is 0 Å². The van der Waals surface area contributed by atoms with E-state index >= 15 is 0 Å². The Morgan fingerprint density at radius 2 is 2.12 bits per heavy atom. The Morgan fingerprint density at radius 3 is 2.56 bits per heavy atom. The maximum absolute atomic E-state index is 12.0. The van der Waals surface area contributed by atoms with Crippen LogP contribution in [-0.4, -0.2) is 18.5 Å². The number of pyridine rings is 1. The molecule has 0 aliphatic carbocycles. The van der Waals surface area contributed by atoms with Crippen LogP contribution in [0.15, 0.2) is 11.0 Å². The van der Waals surface area contributed by atoms with E-state index < -0.39 is 23.4 Å². The Kier molecular flexibility index (Phi) is 3.69. The highest BCUT2D eigenvalue weighted by Crippen LogP contribution is 2.27. The largest absolute Gasteiger partial charge is 0.573 e. The molecule has 0 aromatic carbocycles. The van der Waals surface area contributed by atoms with Crippen molar-refractivity contribution < 1.29 is 22.6 Å². The van der Waals surface area contributed by atoms with E-state index in [9.17, 15) is 18.0 Å². The number of aromatic amines is 1. The van der Waals surface area contributed by atoms with E-state index in [2.05, 4.69) is 14.5 Å². The van der Waals surface area contributed by atoms with Crippen molar-refractivity contribution in [2.24, 2.45) is 0 Å². The lowest BCUT2D eigenvalue weighted by Gasteiger charge is -2.11. The first-order chi connectivity index (χ1) is 7.39. The van der Waals surface area contributed by atoms with Gasteiger partial charge >= 0.3 is 6.36 Å². The van der Waals surface area contributed by atoms with E-state index in [-0.39, 0.29) is 11.4 Å². The zero-order chi connectivity index (χ0) is 12.3. The minimum Gasteiger partial charge on any atom is -0.480 e. The minimum absolute atomic E-state index is 0.0401. The zero-order valence-electron chi connectivity index (χ0n) is 8.02. The maximum atomic E-state index is 12.0. The molecule has 0 aliphatic heterocycles. The number of hydrogen-bond donors (Lipinski definition) is 1. The second-order valence-corrected chi connectivity index (χ2v) is 2.95. The highest BCUT2D eigenvalue weighted by molar-refractivity contribution is 6.17. The molecule has 0 saturated heterocycles. The van der Waals surface area contributed by atoms with Crippen LogP contribution in [-0.2, 0) is 5.88 Å². The van der Waals surface area contributed by atoms with Crippen LogP contribution in [0.5, 0.6) is 11.6 Å². The lowest BCUT2D eigenvalue weighted by atomic mass is 10.3. The van der Waals surface area contributed by atoms with Crippen molar-refractivity contribution in [1.82, 2.24) is 4.98 Å². The molecule has 0 unspecified atom stereocenters. The topological polar surface area (TPSA) is 51.3 Å². The van der Waals surface area contributed by atoms with Gasteiger partial charge in [-0.3, -0.25) is 4.79 Å². The number of alkyl halides is 4. The van der Waals surface area contributed by atoms with E-state index in [1.54, 1.807) is 0 Å². The molecule has 1 aromatic rings. The number of rotatable bonds is 3. The van der Waals surface area contributed by atoms with Gasteiger partial charge in [0.1, 0.15) is 0 Å². The van der Waals surface area contributed by atoms with Crippen LogP contribution < -0.4 is 14.9 Å². The molecule has 0 spiro atoms. The fourth-order valence-electron chi connectivity index (χ4n) is 0.992. The number of hydrogen-bond acceptors (Lipinski definition) is 3. The molecule has 0 saturated carbocycles. The van der Waals surface area contributed by atoms with Crippen molar-refractivity contribution in [3.05, 3.63) is 22.0 Å².